The molecule has 22 heavy (non-hydrogen) atoms. The van der Waals surface area contributed by atoms with E-state index in [1.54, 1.807) is 0 Å². The molecule has 0 unspecified atom stereocenters. The second-order valence-electron chi connectivity index (χ2n) is 6.44. The van der Waals surface area contributed by atoms with E-state index in [1.807, 2.05) is 20.0 Å². The van der Waals surface area contributed by atoms with Crippen LogP contribution in [0.15, 0.2) is 6.20 Å². The van der Waals surface area contributed by atoms with Gasteiger partial charge in [0.05, 0.1) is 17.4 Å². The van der Waals surface area contributed by atoms with Crippen molar-refractivity contribution >= 4 is 11.7 Å². The van der Waals surface area contributed by atoms with Gasteiger partial charge in [-0.2, -0.15) is 0 Å². The maximum absolute atomic E-state index is 11.6. The summed E-state index contributed by atoms with van der Waals surface area (Å²) in [6, 6.07) is 0.409. The topological polar surface area (TPSA) is 75.3 Å². The van der Waals surface area contributed by atoms with Gasteiger partial charge in [-0.1, -0.05) is 0 Å². The second-order valence-corrected chi connectivity index (χ2v) is 6.44. The van der Waals surface area contributed by atoms with Crippen molar-refractivity contribution in [3.63, 3.8) is 0 Å². The maximum Gasteiger partial charge on any atom is 0.234 e. The first-order chi connectivity index (χ1) is 10.6. The van der Waals surface area contributed by atoms with Crippen LogP contribution in [0.3, 0.4) is 0 Å². The summed E-state index contributed by atoms with van der Waals surface area (Å²) in [5, 5.41) is 0. The Morgan fingerprint density at radius 3 is 2.64 bits per heavy atom. The molecule has 3 heterocycles. The van der Waals surface area contributed by atoms with Crippen LogP contribution in [0.25, 0.3) is 0 Å². The van der Waals surface area contributed by atoms with E-state index in [2.05, 4.69) is 19.8 Å². The average molecular weight is 303 g/mol. The van der Waals surface area contributed by atoms with Crippen LogP contribution in [-0.2, 0) is 4.79 Å². The van der Waals surface area contributed by atoms with Crippen molar-refractivity contribution in [3.05, 3.63) is 17.6 Å². The lowest BCUT2D eigenvalue weighted by molar-refractivity contribution is -0.123. The number of carbonyl (C=O) groups is 1. The van der Waals surface area contributed by atoms with Gasteiger partial charge in [0.2, 0.25) is 5.91 Å². The first-order valence-corrected chi connectivity index (χ1v) is 8.16. The van der Waals surface area contributed by atoms with Gasteiger partial charge in [-0.05, 0) is 46.1 Å². The molecule has 2 aliphatic heterocycles. The van der Waals surface area contributed by atoms with Gasteiger partial charge in [-0.3, -0.25) is 14.7 Å². The Kier molecular flexibility index (Phi) is 4.29. The quantitative estimate of drug-likeness (QED) is 0.902. The number of carbonyl (C=O) groups excluding carboxylic acids is 1. The standard InChI is InChI=1S/C16H25N5O/c1-11-10-18-12(2)16(19-11)20-8-5-13(6-9-20)21-7-3-4-14(21)15(17)22/h10,13-14H,3-9H2,1-2H3,(H2,17,22)/t14-/m1/s1. The van der Waals surface area contributed by atoms with Crippen LogP contribution in [0.1, 0.15) is 37.1 Å². The Balaban J connectivity index is 1.65. The Bertz CT molecular complexity index is 553. The van der Waals surface area contributed by atoms with Crippen LogP contribution in [0.5, 0.6) is 0 Å². The normalized spacial score (nSPS) is 23.9. The summed E-state index contributed by atoms with van der Waals surface area (Å²) < 4.78 is 0. The number of amides is 1. The number of primary amides is 1. The summed E-state index contributed by atoms with van der Waals surface area (Å²) in [5.74, 6) is 0.839. The van der Waals surface area contributed by atoms with Gasteiger partial charge < -0.3 is 10.6 Å². The number of nitrogens with two attached hydrogens (primary N) is 1. The van der Waals surface area contributed by atoms with E-state index in [0.29, 0.717) is 6.04 Å². The summed E-state index contributed by atoms with van der Waals surface area (Å²) in [6.07, 6.45) is 5.92. The van der Waals surface area contributed by atoms with E-state index in [9.17, 15) is 4.79 Å². The van der Waals surface area contributed by atoms with Gasteiger partial charge in [-0.25, -0.2) is 4.98 Å². The molecular formula is C16H25N5O. The van der Waals surface area contributed by atoms with Crippen LogP contribution in [-0.4, -0.2) is 52.5 Å². The van der Waals surface area contributed by atoms with Crippen LogP contribution < -0.4 is 10.6 Å². The van der Waals surface area contributed by atoms with Gasteiger partial charge >= 0.3 is 0 Å². The van der Waals surface area contributed by atoms with Crippen molar-refractivity contribution < 1.29 is 4.79 Å². The van der Waals surface area contributed by atoms with E-state index in [-0.39, 0.29) is 11.9 Å². The molecule has 1 atom stereocenters. The highest BCUT2D eigenvalue weighted by molar-refractivity contribution is 5.80. The number of anilines is 1. The summed E-state index contributed by atoms with van der Waals surface area (Å²) in [7, 11) is 0. The lowest BCUT2D eigenvalue weighted by atomic mass is 10.0. The molecular weight excluding hydrogens is 278 g/mol. The third-order valence-electron chi connectivity index (χ3n) is 4.91. The fraction of sp³-hybridized carbons (Fsp3) is 0.688. The predicted octanol–water partition coefficient (Wildman–Crippen LogP) is 1.01. The zero-order chi connectivity index (χ0) is 15.7. The second kappa shape index (κ2) is 6.20. The molecule has 0 aromatic carbocycles. The minimum absolute atomic E-state index is 0.0583. The van der Waals surface area contributed by atoms with Gasteiger partial charge in [0.1, 0.15) is 5.82 Å². The van der Waals surface area contributed by atoms with Crippen LogP contribution in [0, 0.1) is 13.8 Å². The molecule has 6 nitrogen and oxygen atoms in total. The molecule has 3 rings (SSSR count). The van der Waals surface area contributed by atoms with Gasteiger partial charge in [0.15, 0.2) is 0 Å². The monoisotopic (exact) mass is 303 g/mol. The largest absolute Gasteiger partial charge is 0.368 e. The zero-order valence-corrected chi connectivity index (χ0v) is 13.5. The summed E-state index contributed by atoms with van der Waals surface area (Å²) >= 11 is 0. The number of hydrogen-bond acceptors (Lipinski definition) is 5. The Hall–Kier alpha value is -1.69. The maximum atomic E-state index is 11.6. The van der Waals surface area contributed by atoms with Gasteiger partial charge in [0, 0.05) is 25.3 Å². The van der Waals surface area contributed by atoms with Crippen LogP contribution in [0.2, 0.25) is 0 Å². The number of piperidine rings is 1. The highest BCUT2D eigenvalue weighted by atomic mass is 16.1. The molecule has 2 saturated heterocycles. The number of hydrogen-bond donors (Lipinski definition) is 1. The number of nitrogens with zero attached hydrogens (tertiary/aromatic N) is 4. The first-order valence-electron chi connectivity index (χ1n) is 8.16. The molecule has 1 amide bonds. The van der Waals surface area contributed by atoms with Crippen molar-refractivity contribution in [1.29, 1.82) is 0 Å². The minimum Gasteiger partial charge on any atom is -0.368 e. The lowest BCUT2D eigenvalue weighted by Crippen LogP contribution is -2.50. The van der Waals surface area contributed by atoms with Crippen LogP contribution >= 0.6 is 0 Å². The number of aromatic nitrogens is 2. The van der Waals surface area contributed by atoms with Gasteiger partial charge in [0.25, 0.3) is 0 Å². The summed E-state index contributed by atoms with van der Waals surface area (Å²) in [4.78, 5) is 25.3. The van der Waals surface area contributed by atoms with Crippen LogP contribution in [0.4, 0.5) is 5.82 Å². The predicted molar refractivity (Wildman–Crippen MR) is 85.7 cm³/mol. The van der Waals surface area contributed by atoms with Gasteiger partial charge in [-0.15, -0.1) is 0 Å². The molecule has 1 aromatic rings. The average Bonchev–Trinajstić information content (AvgIpc) is 3.00. The summed E-state index contributed by atoms with van der Waals surface area (Å²) in [5.41, 5.74) is 7.48. The SMILES string of the molecule is Cc1cnc(C)c(N2CCC(N3CCC[C@@H]3C(N)=O)CC2)n1. The fourth-order valence-electron chi connectivity index (χ4n) is 3.77. The third-order valence-corrected chi connectivity index (χ3v) is 4.91. The number of likely N-dealkylation sites (tertiary alicyclic amines) is 1. The molecule has 2 N–H and O–H groups in total. The van der Waals surface area contributed by atoms with Crippen molar-refractivity contribution in [2.24, 2.45) is 5.73 Å². The molecule has 0 bridgehead atoms. The molecule has 6 heteroatoms. The van der Waals surface area contributed by atoms with Crippen molar-refractivity contribution in [2.75, 3.05) is 24.5 Å². The van der Waals surface area contributed by atoms with E-state index in [0.717, 1.165) is 62.5 Å². The molecule has 1 aromatic heterocycles. The summed E-state index contributed by atoms with van der Waals surface area (Å²) in [6.45, 7) is 6.92. The molecule has 120 valence electrons. The minimum atomic E-state index is -0.166. The highest BCUT2D eigenvalue weighted by Gasteiger charge is 2.35. The van der Waals surface area contributed by atoms with E-state index in [1.165, 1.54) is 0 Å². The Morgan fingerprint density at radius 1 is 1.23 bits per heavy atom. The zero-order valence-electron chi connectivity index (χ0n) is 13.5. The number of rotatable bonds is 3. The molecule has 0 radical (unpaired) electrons. The third kappa shape index (κ3) is 2.92. The molecule has 2 aliphatic rings. The molecule has 0 saturated carbocycles. The number of aryl methyl sites for hydroxylation is 2. The first kappa shape index (κ1) is 15.2. The highest BCUT2D eigenvalue weighted by Crippen LogP contribution is 2.28. The Labute approximate surface area is 131 Å². The molecule has 0 aliphatic carbocycles. The van der Waals surface area contributed by atoms with Crippen molar-refractivity contribution in [2.45, 2.75) is 51.6 Å². The van der Waals surface area contributed by atoms with E-state index < -0.39 is 0 Å². The van der Waals surface area contributed by atoms with Crippen molar-refractivity contribution in [1.82, 2.24) is 14.9 Å². The lowest BCUT2D eigenvalue weighted by Gasteiger charge is -2.39. The van der Waals surface area contributed by atoms with E-state index >= 15 is 0 Å². The van der Waals surface area contributed by atoms with E-state index in [4.69, 9.17) is 5.73 Å². The van der Waals surface area contributed by atoms with Crippen molar-refractivity contribution in [3.8, 4) is 0 Å². The molecule has 0 spiro atoms. The smallest absolute Gasteiger partial charge is 0.234 e. The fourth-order valence-corrected chi connectivity index (χ4v) is 3.77. The Morgan fingerprint density at radius 2 is 1.95 bits per heavy atom. The molecule has 2 fully saturated rings.